The molecule has 200 valence electrons. The van der Waals surface area contributed by atoms with E-state index in [0.29, 0.717) is 11.1 Å². The lowest BCUT2D eigenvalue weighted by Gasteiger charge is -2.50. The third kappa shape index (κ3) is 4.06. The van der Waals surface area contributed by atoms with Crippen molar-refractivity contribution in [2.45, 2.75) is 37.2 Å². The number of Topliss-reactive ketones (excluding diaryl/α,β-unsaturated/α-hetero) is 2. The fourth-order valence-corrected chi connectivity index (χ4v) is 5.81. The van der Waals surface area contributed by atoms with E-state index in [0.717, 1.165) is 6.07 Å². The van der Waals surface area contributed by atoms with Crippen LogP contribution in [-0.4, -0.2) is 81.3 Å². The summed E-state index contributed by atoms with van der Waals surface area (Å²) in [7, 11) is 2.96. The number of nitrogens with one attached hydrogen (secondary N) is 1. The number of halogens is 3. The molecular formula is C24H26F3N3O7. The number of likely N-dealkylation sites (N-methyl/N-ethyl adjacent to an activating group) is 1. The maximum Gasteiger partial charge on any atom is 0.401 e. The van der Waals surface area contributed by atoms with E-state index in [-0.39, 0.29) is 30.5 Å². The number of aliphatic hydroxyl groups excluding tert-OH is 2. The van der Waals surface area contributed by atoms with Crippen LogP contribution >= 0.6 is 0 Å². The van der Waals surface area contributed by atoms with Gasteiger partial charge in [-0.15, -0.1) is 0 Å². The number of nitrogens with two attached hydrogens (primary N) is 1. The molecule has 7 N–H and O–H groups in total. The predicted molar refractivity (Wildman–Crippen MR) is 122 cm³/mol. The second-order valence-corrected chi connectivity index (χ2v) is 9.78. The van der Waals surface area contributed by atoms with E-state index >= 15 is 0 Å². The quantitative estimate of drug-likeness (QED) is 0.301. The number of carbonyl (C=O) groups is 3. The Morgan fingerprint density at radius 1 is 1.22 bits per heavy atom. The molecule has 0 spiro atoms. The van der Waals surface area contributed by atoms with E-state index in [1.165, 1.54) is 25.1 Å². The largest absolute Gasteiger partial charge is 0.508 e. The number of alkyl halides is 3. The Morgan fingerprint density at radius 3 is 2.43 bits per heavy atom. The molecule has 3 aliphatic rings. The van der Waals surface area contributed by atoms with Crippen molar-refractivity contribution in [1.29, 1.82) is 0 Å². The van der Waals surface area contributed by atoms with Crippen LogP contribution in [0, 0.1) is 11.8 Å². The molecule has 13 heteroatoms. The molecule has 4 atom stereocenters. The summed E-state index contributed by atoms with van der Waals surface area (Å²) in [5, 5.41) is 46.1. The Hall–Kier alpha value is -3.42. The summed E-state index contributed by atoms with van der Waals surface area (Å²) in [5.41, 5.74) is 1.74. The molecule has 1 aromatic rings. The summed E-state index contributed by atoms with van der Waals surface area (Å²) in [4.78, 5) is 40.1. The zero-order valence-corrected chi connectivity index (χ0v) is 19.9. The molecule has 37 heavy (non-hydrogen) atoms. The van der Waals surface area contributed by atoms with Crippen molar-refractivity contribution in [3.05, 3.63) is 45.7 Å². The molecule has 3 aliphatic carbocycles. The van der Waals surface area contributed by atoms with Gasteiger partial charge in [0.1, 0.15) is 22.8 Å². The van der Waals surface area contributed by atoms with Crippen molar-refractivity contribution in [2.75, 3.05) is 20.6 Å². The van der Waals surface area contributed by atoms with Gasteiger partial charge in [0.15, 0.2) is 11.4 Å². The molecule has 1 unspecified atom stereocenters. The number of hydrogen-bond donors (Lipinski definition) is 6. The topological polar surface area (TPSA) is 173 Å². The molecular weight excluding hydrogens is 499 g/mol. The second kappa shape index (κ2) is 8.85. The number of carbonyl (C=O) groups excluding carboxylic acids is 3. The molecule has 0 saturated heterocycles. The maximum absolute atomic E-state index is 13.7. The van der Waals surface area contributed by atoms with Crippen molar-refractivity contribution in [1.82, 2.24) is 10.2 Å². The number of amides is 1. The van der Waals surface area contributed by atoms with Crippen LogP contribution in [0.1, 0.15) is 23.1 Å². The van der Waals surface area contributed by atoms with Crippen LogP contribution < -0.4 is 11.1 Å². The number of aliphatic hydroxyl groups is 3. The molecule has 1 saturated carbocycles. The summed E-state index contributed by atoms with van der Waals surface area (Å²) in [6.45, 7) is -1.52. The summed E-state index contributed by atoms with van der Waals surface area (Å²) in [6, 6.07) is 1.33. The standard InChI is InChI=1S/C24H26F3N3O7/c1-30(2)17-12-6-10-5-11-9(7-29-8-23(25,26)27)3-4-13(31)15(11)18(32)14(10)20(34)24(12,37)21(35)16(19(17)33)22(28)36/h3-4,10,12,17,29,31-32,35,37H,5-8H2,1-2H3,(H2,28,36)/t10-,12-,17?,24-/m1/s1. The number of fused-ring (bicyclic) bond motifs is 3. The van der Waals surface area contributed by atoms with Crippen LogP contribution in [0.25, 0.3) is 5.76 Å². The number of phenols is 1. The average Bonchev–Trinajstić information content (AvgIpc) is 2.76. The maximum atomic E-state index is 13.7. The molecule has 0 heterocycles. The lowest BCUT2D eigenvalue weighted by atomic mass is 9.57. The Kier molecular flexibility index (Phi) is 6.37. The van der Waals surface area contributed by atoms with Gasteiger partial charge in [-0.3, -0.25) is 19.3 Å². The molecule has 1 aromatic carbocycles. The molecule has 1 fully saturated rings. The van der Waals surface area contributed by atoms with Crippen molar-refractivity contribution >= 4 is 23.2 Å². The zero-order valence-electron chi connectivity index (χ0n) is 19.9. The van der Waals surface area contributed by atoms with Crippen LogP contribution in [0.4, 0.5) is 13.2 Å². The number of ketones is 2. The van der Waals surface area contributed by atoms with E-state index in [2.05, 4.69) is 5.32 Å². The Balaban J connectivity index is 1.86. The van der Waals surface area contributed by atoms with Gasteiger partial charge in [-0.05, 0) is 50.0 Å². The second-order valence-electron chi connectivity index (χ2n) is 9.78. The first-order chi connectivity index (χ1) is 17.1. The van der Waals surface area contributed by atoms with Gasteiger partial charge in [-0.25, -0.2) is 0 Å². The molecule has 4 rings (SSSR count). The molecule has 10 nitrogen and oxygen atoms in total. The van der Waals surface area contributed by atoms with Crippen LogP contribution in [0.3, 0.4) is 0 Å². The minimum Gasteiger partial charge on any atom is -0.508 e. The summed E-state index contributed by atoms with van der Waals surface area (Å²) in [5.74, 6) is -7.77. The van der Waals surface area contributed by atoms with E-state index < -0.39 is 76.5 Å². The van der Waals surface area contributed by atoms with Gasteiger partial charge in [0, 0.05) is 18.0 Å². The van der Waals surface area contributed by atoms with E-state index in [4.69, 9.17) is 5.73 Å². The third-order valence-corrected chi connectivity index (χ3v) is 7.34. The smallest absolute Gasteiger partial charge is 0.401 e. The predicted octanol–water partition coefficient (Wildman–Crippen LogP) is 0.616. The van der Waals surface area contributed by atoms with Gasteiger partial charge in [0.05, 0.1) is 18.2 Å². The summed E-state index contributed by atoms with van der Waals surface area (Å²) in [6.07, 6.45) is -4.58. The highest BCUT2D eigenvalue weighted by atomic mass is 19.4. The highest BCUT2D eigenvalue weighted by molar-refractivity contribution is 6.24. The van der Waals surface area contributed by atoms with Gasteiger partial charge >= 0.3 is 6.18 Å². The van der Waals surface area contributed by atoms with Crippen LogP contribution in [0.15, 0.2) is 29.0 Å². The first kappa shape index (κ1) is 26.6. The molecule has 0 bridgehead atoms. The molecule has 1 amide bonds. The Morgan fingerprint density at radius 2 is 1.86 bits per heavy atom. The van der Waals surface area contributed by atoms with Crippen LogP contribution in [0.5, 0.6) is 5.75 Å². The van der Waals surface area contributed by atoms with Crippen molar-refractivity contribution in [3.8, 4) is 5.75 Å². The number of aromatic hydroxyl groups is 1. The van der Waals surface area contributed by atoms with E-state index in [9.17, 15) is 48.0 Å². The van der Waals surface area contributed by atoms with Crippen molar-refractivity contribution in [3.63, 3.8) is 0 Å². The Bertz CT molecular complexity index is 1270. The number of rotatable bonds is 5. The van der Waals surface area contributed by atoms with E-state index in [1.54, 1.807) is 0 Å². The number of primary amides is 1. The fourth-order valence-electron chi connectivity index (χ4n) is 5.81. The van der Waals surface area contributed by atoms with Crippen LogP contribution in [0.2, 0.25) is 0 Å². The lowest BCUT2D eigenvalue weighted by molar-refractivity contribution is -0.153. The molecule has 0 aliphatic heterocycles. The van der Waals surface area contributed by atoms with Gasteiger partial charge in [-0.2, -0.15) is 13.2 Å². The normalized spacial score (nSPS) is 27.8. The highest BCUT2D eigenvalue weighted by Crippen LogP contribution is 2.52. The third-order valence-electron chi connectivity index (χ3n) is 7.34. The minimum absolute atomic E-state index is 0.00797. The number of nitrogens with zero attached hydrogens (tertiary/aromatic N) is 1. The summed E-state index contributed by atoms with van der Waals surface area (Å²) < 4.78 is 37.9. The number of phenolic OH excluding ortho intramolecular Hbond substituents is 1. The van der Waals surface area contributed by atoms with Crippen LogP contribution in [-0.2, 0) is 27.3 Å². The van der Waals surface area contributed by atoms with Crippen molar-refractivity contribution < 1.29 is 48.0 Å². The van der Waals surface area contributed by atoms with Gasteiger partial charge < -0.3 is 31.5 Å². The van der Waals surface area contributed by atoms with E-state index in [1.807, 2.05) is 0 Å². The minimum atomic E-state index is -4.46. The lowest BCUT2D eigenvalue weighted by Crippen LogP contribution is -2.65. The average molecular weight is 525 g/mol. The Labute approximate surface area is 208 Å². The van der Waals surface area contributed by atoms with Gasteiger partial charge in [0.25, 0.3) is 5.91 Å². The fraction of sp³-hybridized carbons (Fsp3) is 0.458. The first-order valence-electron chi connectivity index (χ1n) is 11.4. The van der Waals surface area contributed by atoms with Crippen molar-refractivity contribution in [2.24, 2.45) is 17.6 Å². The SMILES string of the molecule is CN(C)C1C(=O)C(C(N)=O)=C(O)[C@]2(O)C(=O)C3=C(O)c4c(O)ccc(CNCC(F)(F)F)c4C[C@@H]3C[C@H]12. The van der Waals surface area contributed by atoms with Gasteiger partial charge in [-0.1, -0.05) is 6.07 Å². The number of hydrogen-bond acceptors (Lipinski definition) is 9. The highest BCUT2D eigenvalue weighted by Gasteiger charge is 2.64. The number of benzene rings is 1. The summed E-state index contributed by atoms with van der Waals surface area (Å²) >= 11 is 0. The zero-order chi connectivity index (χ0) is 27.6. The molecule has 0 aromatic heterocycles. The first-order valence-corrected chi connectivity index (χ1v) is 11.4. The monoisotopic (exact) mass is 525 g/mol. The van der Waals surface area contributed by atoms with Gasteiger partial charge in [0.2, 0.25) is 5.78 Å². The molecule has 0 radical (unpaired) electrons.